The van der Waals surface area contributed by atoms with Gasteiger partial charge in [0.05, 0.1) is 19.0 Å². The summed E-state index contributed by atoms with van der Waals surface area (Å²) in [6.45, 7) is 2.03. The summed E-state index contributed by atoms with van der Waals surface area (Å²) in [4.78, 5) is 4.54. The third-order valence-corrected chi connectivity index (χ3v) is 6.33. The van der Waals surface area contributed by atoms with Crippen LogP contribution >= 0.6 is 55.6 Å². The first-order valence-corrected chi connectivity index (χ1v) is 9.60. The van der Waals surface area contributed by atoms with Crippen LogP contribution in [0.5, 0.6) is 0 Å². The maximum Gasteiger partial charge on any atom is 0.233 e. The van der Waals surface area contributed by atoms with Gasteiger partial charge < -0.3 is 0 Å². The number of guanidine groups is 1. The molecule has 10 heteroatoms. The van der Waals surface area contributed by atoms with Crippen molar-refractivity contribution in [3.63, 3.8) is 0 Å². The average Bonchev–Trinajstić information content (AvgIpc) is 2.90. The molecule has 4 N–H and O–H groups in total. The molecule has 25 heavy (non-hydrogen) atoms. The van der Waals surface area contributed by atoms with Crippen LogP contribution in [0.3, 0.4) is 0 Å². The Balaban J connectivity index is 0.00000225. The summed E-state index contributed by atoms with van der Waals surface area (Å²) in [5.41, 5.74) is 9.46. The van der Waals surface area contributed by atoms with Gasteiger partial charge in [-0.15, -0.1) is 23.7 Å². The lowest BCUT2D eigenvalue weighted by Gasteiger charge is -2.26. The van der Waals surface area contributed by atoms with Crippen molar-refractivity contribution in [3.8, 4) is 0 Å². The lowest BCUT2D eigenvalue weighted by atomic mass is 9.81. The molecule has 0 aromatic carbocycles. The number of fused-ring (bicyclic) bond motifs is 1. The molecule has 0 radical (unpaired) electrons. The lowest BCUT2D eigenvalue weighted by Crippen LogP contribution is -2.32. The van der Waals surface area contributed by atoms with Crippen LogP contribution in [0.15, 0.2) is 31.0 Å². The second-order valence-electron chi connectivity index (χ2n) is 5.49. The predicted molar refractivity (Wildman–Crippen MR) is 109 cm³/mol. The molecular formula is C15H16Br2ClN5OS. The highest BCUT2D eigenvalue weighted by Crippen LogP contribution is 2.41. The smallest absolute Gasteiger partial charge is 0.233 e. The van der Waals surface area contributed by atoms with E-state index in [0.717, 1.165) is 42.9 Å². The standard InChI is InChI=1S/C15H15Br2N5OS.ClH/c1-7-2-3-19-10-4-8(9-6-12(16)24-14(9)17)5-11(13(7)10)20-21-15(18)22-23;/h2-3,6,8,23H,4-5H2,1H3,(H3,18,21,22);1H. The van der Waals surface area contributed by atoms with Crippen LogP contribution in [0.1, 0.15) is 34.7 Å². The number of nitrogens with zero attached hydrogens (tertiary/aromatic N) is 2. The maximum absolute atomic E-state index is 8.75. The van der Waals surface area contributed by atoms with Crippen LogP contribution < -0.4 is 10.9 Å². The first kappa shape index (κ1) is 20.3. The molecule has 3 rings (SSSR count). The Hall–Kier alpha value is -1.00. The van der Waals surface area contributed by atoms with Gasteiger partial charge >= 0.3 is 0 Å². The number of hydrogen-bond acceptors (Lipinski definition) is 5. The van der Waals surface area contributed by atoms with Crippen LogP contribution in [-0.4, -0.2) is 21.9 Å². The minimum atomic E-state index is -0.271. The van der Waals surface area contributed by atoms with Gasteiger partial charge in [0.1, 0.15) is 0 Å². The zero-order chi connectivity index (χ0) is 17.3. The number of aromatic nitrogens is 1. The zero-order valence-corrected chi connectivity index (χ0v) is 17.9. The maximum atomic E-state index is 8.75. The van der Waals surface area contributed by atoms with E-state index in [2.05, 4.69) is 53.4 Å². The molecule has 0 bridgehead atoms. The number of hydrazone groups is 1. The van der Waals surface area contributed by atoms with E-state index >= 15 is 0 Å². The molecule has 1 aliphatic carbocycles. The normalized spacial score (nSPS) is 17.6. The van der Waals surface area contributed by atoms with Gasteiger partial charge in [0, 0.05) is 11.8 Å². The molecule has 0 amide bonds. The second kappa shape index (κ2) is 8.59. The molecule has 1 atom stereocenters. The highest BCUT2D eigenvalue weighted by molar-refractivity contribution is 9.12. The number of rotatable bonds is 2. The van der Waals surface area contributed by atoms with Gasteiger partial charge in [0.15, 0.2) is 0 Å². The fourth-order valence-corrected chi connectivity index (χ4v) is 5.95. The Morgan fingerprint density at radius 3 is 2.84 bits per heavy atom. The van der Waals surface area contributed by atoms with Gasteiger partial charge in [-0.3, -0.25) is 15.6 Å². The molecule has 1 aliphatic rings. The summed E-state index contributed by atoms with van der Waals surface area (Å²) in [5, 5.41) is 20.5. The topological polar surface area (TPSA) is 93.4 Å². The first-order valence-electron chi connectivity index (χ1n) is 7.20. The van der Waals surface area contributed by atoms with Crippen molar-refractivity contribution in [2.45, 2.75) is 25.7 Å². The Bertz CT molecular complexity index is 826. The summed E-state index contributed by atoms with van der Waals surface area (Å²) < 4.78 is 2.18. The summed E-state index contributed by atoms with van der Waals surface area (Å²) in [6, 6.07) is 4.09. The van der Waals surface area contributed by atoms with Gasteiger partial charge in [0.2, 0.25) is 5.96 Å². The van der Waals surface area contributed by atoms with E-state index in [1.807, 2.05) is 19.2 Å². The van der Waals surface area contributed by atoms with Crippen molar-refractivity contribution in [3.05, 3.63) is 48.3 Å². The molecule has 0 aliphatic heterocycles. The molecule has 6 nitrogen and oxygen atoms in total. The Morgan fingerprint density at radius 2 is 2.20 bits per heavy atom. The fraction of sp³-hybridized carbons (Fsp3) is 0.267. The van der Waals surface area contributed by atoms with E-state index in [-0.39, 0.29) is 24.3 Å². The molecular weight excluding hydrogens is 494 g/mol. The highest BCUT2D eigenvalue weighted by atomic mass is 79.9. The molecule has 0 saturated carbocycles. The van der Waals surface area contributed by atoms with E-state index in [4.69, 9.17) is 10.6 Å². The molecule has 0 fully saturated rings. The van der Waals surface area contributed by atoms with Crippen LogP contribution in [0.25, 0.3) is 0 Å². The fourth-order valence-electron chi connectivity index (χ4n) is 2.91. The van der Waals surface area contributed by atoms with Gasteiger partial charge in [-0.2, -0.15) is 5.10 Å². The number of nitrogens with one attached hydrogen (secondary N) is 3. The van der Waals surface area contributed by atoms with Crippen LogP contribution in [0.2, 0.25) is 0 Å². The van der Waals surface area contributed by atoms with Crippen LogP contribution in [0.4, 0.5) is 0 Å². The van der Waals surface area contributed by atoms with E-state index in [0.29, 0.717) is 0 Å². The number of halogens is 3. The van der Waals surface area contributed by atoms with E-state index in [9.17, 15) is 0 Å². The van der Waals surface area contributed by atoms with E-state index in [1.54, 1.807) is 16.8 Å². The van der Waals surface area contributed by atoms with Crippen molar-refractivity contribution in [2.24, 2.45) is 5.10 Å². The number of hydroxylamine groups is 1. The minimum absolute atomic E-state index is 0. The Morgan fingerprint density at radius 1 is 1.44 bits per heavy atom. The third-order valence-electron chi connectivity index (χ3n) is 3.94. The quantitative estimate of drug-likeness (QED) is 0.275. The predicted octanol–water partition coefficient (Wildman–Crippen LogP) is 4.34. The molecule has 2 aromatic rings. The summed E-state index contributed by atoms with van der Waals surface area (Å²) in [5.74, 6) is -0.0206. The number of hydrogen-bond donors (Lipinski definition) is 4. The number of thiophene rings is 1. The number of aryl methyl sites for hydroxylation is 1. The van der Waals surface area contributed by atoms with Gasteiger partial charge in [-0.1, -0.05) is 0 Å². The Kier molecular flexibility index (Phi) is 6.98. The van der Waals surface area contributed by atoms with Crippen molar-refractivity contribution in [1.29, 1.82) is 5.41 Å². The van der Waals surface area contributed by atoms with Crippen molar-refractivity contribution < 1.29 is 5.21 Å². The first-order chi connectivity index (χ1) is 11.5. The van der Waals surface area contributed by atoms with Gasteiger partial charge in [-0.25, -0.2) is 10.9 Å². The monoisotopic (exact) mass is 507 g/mol. The van der Waals surface area contributed by atoms with Gasteiger partial charge in [-0.05, 0) is 80.8 Å². The molecule has 1 unspecified atom stereocenters. The molecule has 134 valence electrons. The lowest BCUT2D eigenvalue weighted by molar-refractivity contribution is 0.228. The van der Waals surface area contributed by atoms with Crippen molar-refractivity contribution >= 4 is 67.3 Å². The van der Waals surface area contributed by atoms with Crippen molar-refractivity contribution in [1.82, 2.24) is 15.9 Å². The van der Waals surface area contributed by atoms with Crippen LogP contribution in [0, 0.1) is 12.3 Å². The van der Waals surface area contributed by atoms with Crippen molar-refractivity contribution in [2.75, 3.05) is 0 Å². The van der Waals surface area contributed by atoms with Crippen LogP contribution in [-0.2, 0) is 6.42 Å². The molecule has 2 aromatic heterocycles. The van der Waals surface area contributed by atoms with E-state index < -0.39 is 0 Å². The SMILES string of the molecule is Cc1ccnc2c1C(=NNC(=N)NO)CC(c1cc(Br)sc1Br)C2.Cl. The highest BCUT2D eigenvalue weighted by Gasteiger charge is 2.29. The number of pyridine rings is 1. The molecule has 2 heterocycles. The summed E-state index contributed by atoms with van der Waals surface area (Å²) in [7, 11) is 0. The minimum Gasteiger partial charge on any atom is -0.288 e. The van der Waals surface area contributed by atoms with E-state index in [1.165, 1.54) is 5.56 Å². The van der Waals surface area contributed by atoms with Gasteiger partial charge in [0.25, 0.3) is 0 Å². The third kappa shape index (κ3) is 4.40. The average molecular weight is 510 g/mol. The zero-order valence-electron chi connectivity index (χ0n) is 13.1. The summed E-state index contributed by atoms with van der Waals surface area (Å²) in [6.07, 6.45) is 3.39. The largest absolute Gasteiger partial charge is 0.288 e. The molecule has 0 spiro atoms. The second-order valence-corrected chi connectivity index (χ2v) is 9.24. The summed E-state index contributed by atoms with van der Waals surface area (Å²) >= 11 is 8.82. The molecule has 0 saturated heterocycles. The Labute approximate surface area is 172 Å².